The predicted molar refractivity (Wildman–Crippen MR) is 70.6 cm³/mol. The molecule has 1 atom stereocenters. The topological polar surface area (TPSA) is 93.5 Å². The molecule has 1 rings (SSSR count). The summed E-state index contributed by atoms with van der Waals surface area (Å²) in [5.41, 5.74) is -5.72. The van der Waals surface area contributed by atoms with Crippen LogP contribution >= 0.6 is 0 Å². The van der Waals surface area contributed by atoms with Gasteiger partial charge in [-0.25, -0.2) is 18.5 Å². The van der Waals surface area contributed by atoms with Crippen LogP contribution in [0.15, 0.2) is 0 Å². The van der Waals surface area contributed by atoms with E-state index in [9.17, 15) is 25.8 Å². The maximum Gasteiger partial charge on any atom is 0.480 e. The van der Waals surface area contributed by atoms with Crippen LogP contribution in [-0.2, 0) is 19.7 Å². The highest BCUT2D eigenvalue weighted by molar-refractivity contribution is 8.18. The standard InChI is InChI=1S/C10H11F3N3O3S2/c1-15-9(7-14)20(17,8-5-3-2-4-6-8)16-21(18,19)10(11,12)13/h8H,2-6H2/q-1. The van der Waals surface area contributed by atoms with Crippen LogP contribution in [-0.4, -0.2) is 28.4 Å². The molecule has 0 radical (unpaired) electrons. The molecule has 1 aliphatic carbocycles. The van der Waals surface area contributed by atoms with E-state index >= 15 is 0 Å². The van der Waals surface area contributed by atoms with Gasteiger partial charge >= 0.3 is 5.51 Å². The molecule has 0 bridgehead atoms. The summed E-state index contributed by atoms with van der Waals surface area (Å²) in [5.74, 6) is 0. The molecule has 0 amide bonds. The van der Waals surface area contributed by atoms with E-state index in [2.05, 4.69) is 8.97 Å². The Morgan fingerprint density at radius 3 is 2.14 bits per heavy atom. The third-order valence-corrected chi connectivity index (χ3v) is 7.35. The van der Waals surface area contributed by atoms with Crippen LogP contribution in [0.4, 0.5) is 13.2 Å². The van der Waals surface area contributed by atoms with Gasteiger partial charge in [0.15, 0.2) is 10.0 Å². The molecule has 1 aliphatic rings. The molecule has 1 unspecified atom stereocenters. The number of rotatable bonds is 3. The Balaban J connectivity index is 3.44. The Kier molecular flexibility index (Phi) is 5.25. The van der Waals surface area contributed by atoms with Gasteiger partial charge in [0.1, 0.15) is 0 Å². The van der Waals surface area contributed by atoms with Gasteiger partial charge in [0.2, 0.25) is 0 Å². The van der Waals surface area contributed by atoms with Gasteiger partial charge in [-0.3, -0.25) is 4.21 Å². The second kappa shape index (κ2) is 6.22. The molecule has 0 aromatic carbocycles. The molecule has 118 valence electrons. The summed E-state index contributed by atoms with van der Waals surface area (Å²) < 4.78 is 74.7. The van der Waals surface area contributed by atoms with Crippen molar-refractivity contribution < 1.29 is 25.8 Å². The van der Waals surface area contributed by atoms with E-state index in [4.69, 9.17) is 11.8 Å². The van der Waals surface area contributed by atoms with Crippen molar-refractivity contribution in [2.24, 2.45) is 0 Å². The smallest absolute Gasteiger partial charge is 0.469 e. The van der Waals surface area contributed by atoms with Crippen molar-refractivity contribution in [3.05, 3.63) is 15.5 Å². The van der Waals surface area contributed by atoms with Crippen molar-refractivity contribution in [1.29, 1.82) is 5.26 Å². The Bertz CT molecular complexity index is 685. The molecular weight excluding hydrogens is 331 g/mol. The van der Waals surface area contributed by atoms with E-state index in [1.54, 1.807) is 0 Å². The highest BCUT2D eigenvalue weighted by Crippen LogP contribution is 2.36. The normalized spacial score (nSPS) is 20.0. The molecule has 0 heterocycles. The van der Waals surface area contributed by atoms with E-state index in [-0.39, 0.29) is 12.8 Å². The Morgan fingerprint density at radius 1 is 1.24 bits per heavy atom. The Morgan fingerprint density at radius 2 is 1.76 bits per heavy atom. The number of nitrogens with zero attached hydrogens (tertiary/aromatic N) is 3. The fourth-order valence-electron chi connectivity index (χ4n) is 1.98. The molecule has 0 saturated heterocycles. The van der Waals surface area contributed by atoms with Crippen molar-refractivity contribution in [3.8, 4) is 6.07 Å². The lowest BCUT2D eigenvalue weighted by Crippen LogP contribution is -2.32. The summed E-state index contributed by atoms with van der Waals surface area (Å²) in [6.07, 6.45) is 2.14. The van der Waals surface area contributed by atoms with E-state index in [1.165, 1.54) is 6.07 Å². The predicted octanol–water partition coefficient (Wildman–Crippen LogP) is 2.31. The lowest BCUT2D eigenvalue weighted by atomic mass is 10.0. The second-order valence-corrected chi connectivity index (χ2v) is 8.55. The van der Waals surface area contributed by atoms with Crippen molar-refractivity contribution in [1.82, 2.24) is 0 Å². The molecule has 6 nitrogen and oxygen atoms in total. The maximum atomic E-state index is 12.6. The van der Waals surface area contributed by atoms with Crippen molar-refractivity contribution in [3.63, 3.8) is 0 Å². The molecule has 1 saturated carbocycles. The molecule has 1 fully saturated rings. The molecule has 0 aliphatic heterocycles. The van der Waals surface area contributed by atoms with Crippen LogP contribution in [0.5, 0.6) is 0 Å². The van der Waals surface area contributed by atoms with Gasteiger partial charge in [0.05, 0.1) is 12.6 Å². The number of nitriles is 1. The van der Waals surface area contributed by atoms with E-state index < -0.39 is 35.5 Å². The maximum absolute atomic E-state index is 12.6. The van der Waals surface area contributed by atoms with Gasteiger partial charge in [-0.05, 0) is 12.8 Å². The summed E-state index contributed by atoms with van der Waals surface area (Å²) in [5, 5.41) is 7.74. The molecule has 0 N–H and O–H groups in total. The van der Waals surface area contributed by atoms with Gasteiger partial charge in [0.25, 0.3) is 4.99 Å². The van der Waals surface area contributed by atoms with Crippen LogP contribution in [0.2, 0.25) is 0 Å². The minimum atomic E-state index is -6.04. The summed E-state index contributed by atoms with van der Waals surface area (Å²) in [6.45, 7) is 6.75. The van der Waals surface area contributed by atoms with Crippen molar-refractivity contribution in [2.75, 3.05) is 0 Å². The quantitative estimate of drug-likeness (QED) is 0.581. The third kappa shape index (κ3) is 3.67. The lowest BCUT2D eigenvalue weighted by molar-refractivity contribution is -0.0424. The Labute approximate surface area is 121 Å². The zero-order valence-corrected chi connectivity index (χ0v) is 12.3. The van der Waals surface area contributed by atoms with Gasteiger partial charge in [-0.15, -0.1) is 0 Å². The highest BCUT2D eigenvalue weighted by atomic mass is 32.3. The first-order valence-electron chi connectivity index (χ1n) is 5.81. The average Bonchev–Trinajstić information content (AvgIpc) is 2.39. The van der Waals surface area contributed by atoms with Gasteiger partial charge in [-0.1, -0.05) is 29.0 Å². The number of sulfonamides is 1. The van der Waals surface area contributed by atoms with E-state index in [0.717, 1.165) is 6.42 Å². The van der Waals surface area contributed by atoms with Gasteiger partial charge < -0.3 is 4.13 Å². The number of halogens is 3. The zero-order chi connectivity index (χ0) is 16.3. The van der Waals surface area contributed by atoms with Crippen LogP contribution in [0.3, 0.4) is 0 Å². The highest BCUT2D eigenvalue weighted by Gasteiger charge is 2.41. The average molecular weight is 342 g/mol. The van der Waals surface area contributed by atoms with Crippen LogP contribution in [0, 0.1) is 17.9 Å². The number of hydrogen-bond donors (Lipinski definition) is 0. The first kappa shape index (κ1) is 17.8. The minimum absolute atomic E-state index is 0.163. The van der Waals surface area contributed by atoms with Crippen molar-refractivity contribution >= 4 is 24.7 Å². The SMILES string of the molecule is [C-]#[N+]C(C#N)=S(=O)([N-]S(=O)(=O)C(F)(F)F)C1CCCCC1. The molecule has 21 heavy (non-hydrogen) atoms. The largest absolute Gasteiger partial charge is 0.480 e. The molecule has 0 aromatic rings. The molecular formula is C10H11F3N3O3S2-. The van der Waals surface area contributed by atoms with Gasteiger partial charge in [0, 0.05) is 5.25 Å². The number of hydrogen-bond acceptors (Lipinski definition) is 4. The van der Waals surface area contributed by atoms with Crippen LogP contribution in [0.1, 0.15) is 32.1 Å². The van der Waals surface area contributed by atoms with Crippen LogP contribution < -0.4 is 0 Å². The third-order valence-electron chi connectivity index (χ3n) is 2.98. The lowest BCUT2D eigenvalue weighted by Gasteiger charge is -2.36. The minimum Gasteiger partial charge on any atom is -0.469 e. The second-order valence-electron chi connectivity index (χ2n) is 4.35. The van der Waals surface area contributed by atoms with Crippen LogP contribution in [0.25, 0.3) is 8.97 Å². The van der Waals surface area contributed by atoms with Crippen molar-refractivity contribution in [2.45, 2.75) is 42.9 Å². The number of alkyl halides is 3. The van der Waals surface area contributed by atoms with E-state index in [1.807, 2.05) is 0 Å². The summed E-state index contributed by atoms with van der Waals surface area (Å²) in [6, 6.07) is 1.23. The summed E-state index contributed by atoms with van der Waals surface area (Å²) >= 11 is 0. The fraction of sp³-hybridized carbons (Fsp3) is 0.700. The zero-order valence-electron chi connectivity index (χ0n) is 10.6. The van der Waals surface area contributed by atoms with Gasteiger partial charge in [-0.2, -0.15) is 13.2 Å². The Hall–Kier alpha value is -1.30. The molecule has 0 aromatic heterocycles. The first-order chi connectivity index (χ1) is 9.58. The monoisotopic (exact) mass is 342 g/mol. The summed E-state index contributed by atoms with van der Waals surface area (Å²) in [4.78, 5) is 1.53. The van der Waals surface area contributed by atoms with E-state index in [0.29, 0.717) is 12.8 Å². The first-order valence-corrected chi connectivity index (χ1v) is 8.83. The summed E-state index contributed by atoms with van der Waals surface area (Å²) in [7, 11) is -10.3. The molecule has 0 spiro atoms. The fourth-order valence-corrected chi connectivity index (χ4v) is 5.81. The molecule has 11 heteroatoms.